The summed E-state index contributed by atoms with van der Waals surface area (Å²) in [6, 6.07) is 15.1. The van der Waals surface area contributed by atoms with E-state index in [1.807, 2.05) is 55.5 Å². The van der Waals surface area contributed by atoms with Crippen LogP contribution in [0.15, 0.2) is 53.3 Å². The van der Waals surface area contributed by atoms with Crippen LogP contribution >= 0.6 is 0 Å². The number of H-pyrrole nitrogens is 1. The van der Waals surface area contributed by atoms with Gasteiger partial charge in [0.05, 0.1) is 7.11 Å². The zero-order valence-electron chi connectivity index (χ0n) is 12.3. The molecule has 0 amide bonds. The zero-order chi connectivity index (χ0) is 15.7. The molecule has 0 bridgehead atoms. The SMILES string of the molecule is COC(=O)c1c(-c2ccc(C)cc2)c2ccccc2[nH]c1=O. The van der Waals surface area contributed by atoms with E-state index < -0.39 is 11.5 Å². The Morgan fingerprint density at radius 1 is 1.05 bits per heavy atom. The molecule has 0 aliphatic heterocycles. The van der Waals surface area contributed by atoms with Gasteiger partial charge in [-0.05, 0) is 18.6 Å². The standard InChI is InChI=1S/C18H15NO3/c1-11-7-9-12(10-8-11)15-13-5-3-4-6-14(13)19-17(20)16(15)18(21)22-2/h3-10H,1-2H3,(H,19,20). The molecular formula is C18H15NO3. The number of benzene rings is 2. The number of pyridine rings is 1. The second kappa shape index (κ2) is 5.48. The van der Waals surface area contributed by atoms with Crippen LogP contribution in [0.25, 0.3) is 22.0 Å². The van der Waals surface area contributed by atoms with Gasteiger partial charge in [0.25, 0.3) is 5.56 Å². The van der Waals surface area contributed by atoms with Crippen LogP contribution < -0.4 is 5.56 Å². The minimum atomic E-state index is -0.637. The Morgan fingerprint density at radius 3 is 2.41 bits per heavy atom. The number of aromatic nitrogens is 1. The molecule has 0 aliphatic rings. The highest BCUT2D eigenvalue weighted by molar-refractivity contribution is 6.06. The predicted molar refractivity (Wildman–Crippen MR) is 86.1 cm³/mol. The first-order valence-corrected chi connectivity index (χ1v) is 6.92. The molecular weight excluding hydrogens is 278 g/mol. The molecule has 1 heterocycles. The summed E-state index contributed by atoms with van der Waals surface area (Å²) in [6.07, 6.45) is 0. The summed E-state index contributed by atoms with van der Waals surface area (Å²) in [4.78, 5) is 27.2. The van der Waals surface area contributed by atoms with Crippen LogP contribution in [-0.2, 0) is 4.74 Å². The highest BCUT2D eigenvalue weighted by Crippen LogP contribution is 2.30. The number of esters is 1. The molecule has 1 N–H and O–H groups in total. The first-order chi connectivity index (χ1) is 10.6. The third kappa shape index (κ3) is 2.29. The average molecular weight is 293 g/mol. The van der Waals surface area contributed by atoms with E-state index >= 15 is 0 Å². The van der Waals surface area contributed by atoms with Crippen molar-refractivity contribution in [1.29, 1.82) is 0 Å². The number of fused-ring (bicyclic) bond motifs is 1. The molecule has 3 rings (SSSR count). The predicted octanol–water partition coefficient (Wildman–Crippen LogP) is 3.29. The van der Waals surface area contributed by atoms with Crippen LogP contribution in [0.3, 0.4) is 0 Å². The van der Waals surface area contributed by atoms with Gasteiger partial charge in [0.2, 0.25) is 0 Å². The fourth-order valence-corrected chi connectivity index (χ4v) is 2.56. The third-order valence-corrected chi connectivity index (χ3v) is 3.65. The van der Waals surface area contributed by atoms with Crippen LogP contribution in [0.4, 0.5) is 0 Å². The number of para-hydroxylation sites is 1. The number of carbonyl (C=O) groups excluding carboxylic acids is 1. The van der Waals surface area contributed by atoms with Gasteiger partial charge in [-0.25, -0.2) is 4.79 Å². The maximum absolute atomic E-state index is 12.3. The highest BCUT2D eigenvalue weighted by atomic mass is 16.5. The van der Waals surface area contributed by atoms with Crippen LogP contribution in [0.5, 0.6) is 0 Å². The summed E-state index contributed by atoms with van der Waals surface area (Å²) in [5.41, 5.74) is 2.80. The quantitative estimate of drug-likeness (QED) is 0.738. The van der Waals surface area contributed by atoms with Crippen LogP contribution in [0, 0.1) is 6.92 Å². The summed E-state index contributed by atoms with van der Waals surface area (Å²) in [7, 11) is 1.27. The number of nitrogens with one attached hydrogen (secondary N) is 1. The maximum atomic E-state index is 12.3. The van der Waals surface area contributed by atoms with Crippen molar-refractivity contribution in [3.63, 3.8) is 0 Å². The molecule has 22 heavy (non-hydrogen) atoms. The first-order valence-electron chi connectivity index (χ1n) is 6.92. The molecule has 2 aromatic carbocycles. The summed E-state index contributed by atoms with van der Waals surface area (Å²) >= 11 is 0. The molecule has 4 nitrogen and oxygen atoms in total. The molecule has 0 saturated carbocycles. The number of aryl methyl sites for hydroxylation is 1. The molecule has 0 radical (unpaired) electrons. The lowest BCUT2D eigenvalue weighted by atomic mass is 9.95. The first kappa shape index (κ1) is 14.1. The third-order valence-electron chi connectivity index (χ3n) is 3.65. The van der Waals surface area contributed by atoms with Gasteiger partial charge in [0.15, 0.2) is 0 Å². The Balaban J connectivity index is 2.45. The Morgan fingerprint density at radius 2 is 1.73 bits per heavy atom. The number of methoxy groups -OCH3 is 1. The van der Waals surface area contributed by atoms with Gasteiger partial charge < -0.3 is 9.72 Å². The number of rotatable bonds is 2. The van der Waals surface area contributed by atoms with Crippen molar-refractivity contribution >= 4 is 16.9 Å². The summed E-state index contributed by atoms with van der Waals surface area (Å²) in [5, 5.41) is 0.811. The van der Waals surface area contributed by atoms with Crippen molar-refractivity contribution in [3.05, 3.63) is 70.0 Å². The maximum Gasteiger partial charge on any atom is 0.344 e. The van der Waals surface area contributed by atoms with E-state index in [0.29, 0.717) is 11.1 Å². The Bertz CT molecular complexity index is 908. The molecule has 0 spiro atoms. The Labute approximate surface area is 127 Å². The Kier molecular flexibility index (Phi) is 3.51. The smallest absolute Gasteiger partial charge is 0.344 e. The normalized spacial score (nSPS) is 10.6. The average Bonchev–Trinajstić information content (AvgIpc) is 2.54. The largest absolute Gasteiger partial charge is 0.465 e. The molecule has 4 heteroatoms. The number of hydrogen-bond donors (Lipinski definition) is 1. The fourth-order valence-electron chi connectivity index (χ4n) is 2.56. The van der Waals surface area contributed by atoms with E-state index in [2.05, 4.69) is 4.98 Å². The molecule has 0 fully saturated rings. The van der Waals surface area contributed by atoms with E-state index in [4.69, 9.17) is 4.74 Å². The monoisotopic (exact) mass is 293 g/mol. The molecule has 0 aliphatic carbocycles. The van der Waals surface area contributed by atoms with Gasteiger partial charge in [-0.2, -0.15) is 0 Å². The fraction of sp³-hybridized carbons (Fsp3) is 0.111. The minimum absolute atomic E-state index is 0.0325. The molecule has 0 atom stereocenters. The molecule has 110 valence electrons. The number of hydrogen-bond acceptors (Lipinski definition) is 3. The van der Waals surface area contributed by atoms with E-state index in [1.54, 1.807) is 0 Å². The minimum Gasteiger partial charge on any atom is -0.465 e. The highest BCUT2D eigenvalue weighted by Gasteiger charge is 2.20. The van der Waals surface area contributed by atoms with Crippen molar-refractivity contribution in [2.75, 3.05) is 7.11 Å². The Hall–Kier alpha value is -2.88. The van der Waals surface area contributed by atoms with Gasteiger partial charge >= 0.3 is 5.97 Å². The summed E-state index contributed by atoms with van der Waals surface area (Å²) < 4.78 is 4.79. The van der Waals surface area contributed by atoms with Crippen LogP contribution in [-0.4, -0.2) is 18.1 Å². The van der Waals surface area contributed by atoms with Crippen molar-refractivity contribution in [2.45, 2.75) is 6.92 Å². The van der Waals surface area contributed by atoms with Gasteiger partial charge in [-0.1, -0.05) is 48.0 Å². The van der Waals surface area contributed by atoms with E-state index in [1.165, 1.54) is 7.11 Å². The van der Waals surface area contributed by atoms with Gasteiger partial charge in [0, 0.05) is 16.5 Å². The summed E-state index contributed by atoms with van der Waals surface area (Å²) in [5.74, 6) is -0.637. The van der Waals surface area contributed by atoms with Gasteiger partial charge in [-0.3, -0.25) is 4.79 Å². The van der Waals surface area contributed by atoms with Crippen molar-refractivity contribution < 1.29 is 9.53 Å². The lowest BCUT2D eigenvalue weighted by Crippen LogP contribution is -2.20. The number of ether oxygens (including phenoxy) is 1. The van der Waals surface area contributed by atoms with E-state index in [9.17, 15) is 9.59 Å². The molecule has 0 saturated heterocycles. The number of aromatic amines is 1. The van der Waals surface area contributed by atoms with Crippen LogP contribution in [0.1, 0.15) is 15.9 Å². The van der Waals surface area contributed by atoms with E-state index in [-0.39, 0.29) is 5.56 Å². The van der Waals surface area contributed by atoms with Gasteiger partial charge in [-0.15, -0.1) is 0 Å². The second-order valence-corrected chi connectivity index (χ2v) is 5.11. The topological polar surface area (TPSA) is 59.2 Å². The van der Waals surface area contributed by atoms with E-state index in [0.717, 1.165) is 16.5 Å². The molecule has 0 unspecified atom stereocenters. The zero-order valence-corrected chi connectivity index (χ0v) is 12.3. The van der Waals surface area contributed by atoms with Crippen molar-refractivity contribution in [1.82, 2.24) is 4.98 Å². The van der Waals surface area contributed by atoms with Crippen LogP contribution in [0.2, 0.25) is 0 Å². The van der Waals surface area contributed by atoms with Crippen molar-refractivity contribution in [3.8, 4) is 11.1 Å². The lowest BCUT2D eigenvalue weighted by molar-refractivity contribution is 0.0600. The lowest BCUT2D eigenvalue weighted by Gasteiger charge is -2.11. The van der Waals surface area contributed by atoms with Gasteiger partial charge in [0.1, 0.15) is 5.56 Å². The van der Waals surface area contributed by atoms with Crippen molar-refractivity contribution in [2.24, 2.45) is 0 Å². The summed E-state index contributed by atoms with van der Waals surface area (Å²) in [6.45, 7) is 1.99. The second-order valence-electron chi connectivity index (χ2n) is 5.11. The molecule has 1 aromatic heterocycles. The number of carbonyl (C=O) groups is 1. The molecule has 3 aromatic rings.